The van der Waals surface area contributed by atoms with Gasteiger partial charge in [0.25, 0.3) is 0 Å². The van der Waals surface area contributed by atoms with E-state index in [9.17, 15) is 4.79 Å². The molecule has 2 aromatic rings. The van der Waals surface area contributed by atoms with Crippen LogP contribution in [-0.2, 0) is 6.42 Å². The summed E-state index contributed by atoms with van der Waals surface area (Å²) in [6, 6.07) is 9.86. The normalized spacial score (nSPS) is 19.9. The van der Waals surface area contributed by atoms with Gasteiger partial charge in [-0.05, 0) is 37.4 Å². The van der Waals surface area contributed by atoms with Crippen molar-refractivity contribution in [3.63, 3.8) is 0 Å². The lowest BCUT2D eigenvalue weighted by molar-refractivity contribution is 0.547. The van der Waals surface area contributed by atoms with E-state index in [-0.39, 0.29) is 5.63 Å². The minimum absolute atomic E-state index is 0.274. The van der Waals surface area contributed by atoms with Crippen molar-refractivity contribution < 1.29 is 4.42 Å². The molecule has 3 heteroatoms. The number of fused-ring (bicyclic) bond motifs is 1. The molecular weight excluding hydrogens is 214 g/mol. The van der Waals surface area contributed by atoms with Crippen LogP contribution >= 0.6 is 0 Å². The van der Waals surface area contributed by atoms with Gasteiger partial charge in [0.15, 0.2) is 0 Å². The maximum absolute atomic E-state index is 11.3. The van der Waals surface area contributed by atoms with E-state index in [1.54, 1.807) is 0 Å². The van der Waals surface area contributed by atoms with E-state index in [0.717, 1.165) is 29.5 Å². The lowest BCUT2D eigenvalue weighted by Crippen LogP contribution is -2.23. The molecule has 0 amide bonds. The smallest absolute Gasteiger partial charge is 0.336 e. The van der Waals surface area contributed by atoms with Crippen molar-refractivity contribution >= 4 is 11.0 Å². The molecule has 0 spiro atoms. The first-order valence-corrected chi connectivity index (χ1v) is 6.08. The second-order valence-electron chi connectivity index (χ2n) is 4.59. The molecule has 1 aromatic heterocycles. The third-order valence-corrected chi connectivity index (χ3v) is 3.36. The minimum atomic E-state index is -0.274. The molecule has 1 fully saturated rings. The summed E-state index contributed by atoms with van der Waals surface area (Å²) < 4.78 is 5.32. The molecule has 0 bridgehead atoms. The van der Waals surface area contributed by atoms with Crippen LogP contribution in [0.1, 0.15) is 18.4 Å². The molecule has 1 atom stereocenters. The molecule has 3 rings (SSSR count). The molecule has 0 saturated carbocycles. The van der Waals surface area contributed by atoms with E-state index < -0.39 is 0 Å². The van der Waals surface area contributed by atoms with Crippen molar-refractivity contribution in [1.29, 1.82) is 0 Å². The third kappa shape index (κ3) is 2.11. The summed E-state index contributed by atoms with van der Waals surface area (Å²) in [4.78, 5) is 11.3. The van der Waals surface area contributed by atoms with Crippen molar-refractivity contribution in [2.75, 3.05) is 6.54 Å². The van der Waals surface area contributed by atoms with Crippen molar-refractivity contribution in [1.82, 2.24) is 5.32 Å². The Kier molecular flexibility index (Phi) is 2.69. The van der Waals surface area contributed by atoms with Gasteiger partial charge in [-0.15, -0.1) is 0 Å². The average Bonchev–Trinajstić information content (AvgIpc) is 2.83. The second-order valence-corrected chi connectivity index (χ2v) is 4.59. The van der Waals surface area contributed by atoms with Gasteiger partial charge in [0.05, 0.1) is 0 Å². The molecule has 1 unspecified atom stereocenters. The first-order valence-electron chi connectivity index (χ1n) is 6.08. The van der Waals surface area contributed by atoms with E-state index in [1.165, 1.54) is 18.9 Å². The molecule has 1 aliphatic rings. The Bertz CT molecular complexity index is 582. The molecule has 0 aliphatic carbocycles. The van der Waals surface area contributed by atoms with Gasteiger partial charge in [-0.1, -0.05) is 18.2 Å². The molecule has 88 valence electrons. The number of rotatable bonds is 2. The zero-order chi connectivity index (χ0) is 11.7. The summed E-state index contributed by atoms with van der Waals surface area (Å²) in [7, 11) is 0. The molecule has 1 aliphatic heterocycles. The highest BCUT2D eigenvalue weighted by atomic mass is 16.4. The number of para-hydroxylation sites is 1. The molecule has 2 heterocycles. The molecule has 1 N–H and O–H groups in total. The highest BCUT2D eigenvalue weighted by molar-refractivity contribution is 5.79. The van der Waals surface area contributed by atoms with Gasteiger partial charge in [0.1, 0.15) is 5.58 Å². The van der Waals surface area contributed by atoms with Crippen LogP contribution in [0.15, 0.2) is 39.5 Å². The Hall–Kier alpha value is -1.61. The van der Waals surface area contributed by atoms with Crippen LogP contribution in [0.25, 0.3) is 11.0 Å². The molecule has 1 aromatic carbocycles. The predicted octanol–water partition coefficient (Wildman–Crippen LogP) is 2.09. The summed E-state index contributed by atoms with van der Waals surface area (Å²) in [6.07, 6.45) is 3.37. The summed E-state index contributed by atoms with van der Waals surface area (Å²) in [6.45, 7) is 1.10. The Labute approximate surface area is 99.4 Å². The number of hydrogen-bond acceptors (Lipinski definition) is 3. The van der Waals surface area contributed by atoms with E-state index in [4.69, 9.17) is 4.42 Å². The summed E-state index contributed by atoms with van der Waals surface area (Å²) in [5, 5.41) is 4.46. The second kappa shape index (κ2) is 4.34. The van der Waals surface area contributed by atoms with Gasteiger partial charge in [0.2, 0.25) is 0 Å². The van der Waals surface area contributed by atoms with Crippen LogP contribution in [0, 0.1) is 0 Å². The van der Waals surface area contributed by atoms with E-state index in [0.29, 0.717) is 6.04 Å². The van der Waals surface area contributed by atoms with Crippen LogP contribution in [0.5, 0.6) is 0 Å². The summed E-state index contributed by atoms with van der Waals surface area (Å²) in [5.74, 6) is 0. The van der Waals surface area contributed by atoms with Crippen LogP contribution < -0.4 is 10.9 Å². The van der Waals surface area contributed by atoms with E-state index >= 15 is 0 Å². The predicted molar refractivity (Wildman–Crippen MR) is 67.2 cm³/mol. The van der Waals surface area contributed by atoms with Gasteiger partial charge in [-0.3, -0.25) is 0 Å². The van der Waals surface area contributed by atoms with Gasteiger partial charge in [-0.2, -0.15) is 0 Å². The van der Waals surface area contributed by atoms with Gasteiger partial charge >= 0.3 is 5.63 Å². The fraction of sp³-hybridized carbons (Fsp3) is 0.357. The van der Waals surface area contributed by atoms with Crippen LogP contribution in [0.2, 0.25) is 0 Å². The van der Waals surface area contributed by atoms with E-state index in [2.05, 4.69) is 5.32 Å². The lowest BCUT2D eigenvalue weighted by atomic mass is 10.0. The molecular formula is C14H15NO2. The van der Waals surface area contributed by atoms with Gasteiger partial charge < -0.3 is 9.73 Å². The number of nitrogens with one attached hydrogen (secondary N) is 1. The zero-order valence-electron chi connectivity index (χ0n) is 9.61. The zero-order valence-corrected chi connectivity index (χ0v) is 9.61. The highest BCUT2D eigenvalue weighted by Crippen LogP contribution is 2.20. The van der Waals surface area contributed by atoms with Crippen molar-refractivity contribution in [3.8, 4) is 0 Å². The van der Waals surface area contributed by atoms with Gasteiger partial charge in [0, 0.05) is 17.5 Å². The minimum Gasteiger partial charge on any atom is -0.422 e. The summed E-state index contributed by atoms with van der Waals surface area (Å²) in [5.41, 5.74) is 1.60. The Morgan fingerprint density at radius 1 is 1.29 bits per heavy atom. The Balaban J connectivity index is 2.02. The summed E-state index contributed by atoms with van der Waals surface area (Å²) >= 11 is 0. The van der Waals surface area contributed by atoms with Crippen molar-refractivity contribution in [2.45, 2.75) is 25.3 Å². The SMILES string of the molecule is O=c1ccc2cccc(CC3CCCN3)c2o1. The molecule has 1 saturated heterocycles. The van der Waals surface area contributed by atoms with Crippen LogP contribution in [-0.4, -0.2) is 12.6 Å². The Morgan fingerprint density at radius 3 is 3.06 bits per heavy atom. The first-order chi connectivity index (χ1) is 8.33. The standard InChI is InChI=1S/C14H15NO2/c16-13-7-6-10-3-1-4-11(14(10)17-13)9-12-5-2-8-15-12/h1,3-4,6-7,12,15H,2,5,8-9H2. The Morgan fingerprint density at radius 2 is 2.24 bits per heavy atom. The monoisotopic (exact) mass is 229 g/mol. The number of hydrogen-bond donors (Lipinski definition) is 1. The molecule has 0 radical (unpaired) electrons. The van der Waals surface area contributed by atoms with Crippen LogP contribution in [0.4, 0.5) is 0 Å². The fourth-order valence-corrected chi connectivity index (χ4v) is 2.51. The van der Waals surface area contributed by atoms with Crippen molar-refractivity contribution in [2.24, 2.45) is 0 Å². The fourth-order valence-electron chi connectivity index (χ4n) is 2.51. The van der Waals surface area contributed by atoms with E-state index in [1.807, 2.05) is 24.3 Å². The average molecular weight is 229 g/mol. The molecule has 17 heavy (non-hydrogen) atoms. The maximum atomic E-state index is 11.3. The largest absolute Gasteiger partial charge is 0.422 e. The maximum Gasteiger partial charge on any atom is 0.336 e. The van der Waals surface area contributed by atoms with Gasteiger partial charge in [-0.25, -0.2) is 4.79 Å². The quantitative estimate of drug-likeness (QED) is 0.802. The third-order valence-electron chi connectivity index (χ3n) is 3.36. The number of benzene rings is 1. The first kappa shape index (κ1) is 10.5. The lowest BCUT2D eigenvalue weighted by Gasteiger charge is -2.11. The van der Waals surface area contributed by atoms with Crippen molar-refractivity contribution in [3.05, 3.63) is 46.3 Å². The van der Waals surface area contributed by atoms with Crippen LogP contribution in [0.3, 0.4) is 0 Å². The molecule has 3 nitrogen and oxygen atoms in total. The highest BCUT2D eigenvalue weighted by Gasteiger charge is 2.16. The topological polar surface area (TPSA) is 42.2 Å².